The van der Waals surface area contributed by atoms with Gasteiger partial charge in [-0.05, 0) is 48.9 Å². The minimum atomic E-state index is 0.900. The van der Waals surface area contributed by atoms with Gasteiger partial charge in [0.15, 0.2) is 0 Å². The zero-order valence-electron chi connectivity index (χ0n) is 12.3. The summed E-state index contributed by atoms with van der Waals surface area (Å²) in [5.74, 6) is 0.900. The molecule has 1 aliphatic carbocycles. The molecule has 0 saturated heterocycles. The molecule has 20 heavy (non-hydrogen) atoms. The normalized spacial score (nSPS) is 18.4. The number of nitrogens with one attached hydrogen (secondary N) is 1. The van der Waals surface area contributed by atoms with Crippen LogP contribution in [0.5, 0.6) is 0 Å². The lowest BCUT2D eigenvalue weighted by Gasteiger charge is -2.22. The van der Waals surface area contributed by atoms with Crippen molar-refractivity contribution in [1.82, 2.24) is 4.98 Å². The number of H-pyrrole nitrogens is 1. The highest BCUT2D eigenvalue weighted by molar-refractivity contribution is 9.10. The molecule has 1 aromatic heterocycles. The molecule has 1 unspecified atom stereocenters. The Hall–Kier alpha value is -0.760. The number of hydrogen-bond donors (Lipinski definition) is 1. The third kappa shape index (κ3) is 2.95. The molecule has 0 saturated carbocycles. The molecule has 0 amide bonds. The van der Waals surface area contributed by atoms with E-state index in [1.807, 2.05) is 0 Å². The van der Waals surface area contributed by atoms with Crippen LogP contribution in [-0.2, 0) is 12.8 Å². The van der Waals surface area contributed by atoms with Crippen LogP contribution in [-0.4, -0.2) is 4.98 Å². The number of aromatic amines is 1. The lowest BCUT2D eigenvalue weighted by Crippen LogP contribution is -2.13. The van der Waals surface area contributed by atoms with E-state index in [1.165, 1.54) is 72.4 Å². The number of unbranched alkanes of at least 4 members (excludes halogenated alkanes) is 3. The number of hydrogen-bond acceptors (Lipinski definition) is 0. The van der Waals surface area contributed by atoms with Crippen molar-refractivity contribution in [2.45, 2.75) is 58.3 Å². The maximum absolute atomic E-state index is 3.62. The zero-order valence-corrected chi connectivity index (χ0v) is 13.9. The number of rotatable bonds is 5. The predicted octanol–water partition coefficient (Wildman–Crippen LogP) is 6.01. The minimum absolute atomic E-state index is 0.900. The summed E-state index contributed by atoms with van der Waals surface area (Å²) in [6.45, 7) is 2.29. The Morgan fingerprint density at radius 3 is 3.00 bits per heavy atom. The minimum Gasteiger partial charge on any atom is -0.358 e. The van der Waals surface area contributed by atoms with Crippen molar-refractivity contribution >= 4 is 26.8 Å². The quantitative estimate of drug-likeness (QED) is 0.645. The highest BCUT2D eigenvalue weighted by atomic mass is 79.9. The molecule has 1 N–H and O–H groups in total. The molecular formula is C18H24BrN. The lowest BCUT2D eigenvalue weighted by molar-refractivity contribution is 0.405. The van der Waals surface area contributed by atoms with Gasteiger partial charge in [-0.3, -0.25) is 0 Å². The second-order valence-electron chi connectivity index (χ2n) is 6.23. The first-order chi connectivity index (χ1) is 9.78. The molecule has 0 spiro atoms. The summed E-state index contributed by atoms with van der Waals surface area (Å²) in [6.07, 6.45) is 10.9. The molecule has 0 aliphatic heterocycles. The fraction of sp³-hybridized carbons (Fsp3) is 0.556. The van der Waals surface area contributed by atoms with Gasteiger partial charge < -0.3 is 4.98 Å². The highest BCUT2D eigenvalue weighted by Crippen LogP contribution is 2.34. The molecule has 2 aromatic rings. The third-order valence-corrected chi connectivity index (χ3v) is 5.21. The van der Waals surface area contributed by atoms with Crippen molar-refractivity contribution < 1.29 is 0 Å². The Bertz CT molecular complexity index is 584. The highest BCUT2D eigenvalue weighted by Gasteiger charge is 2.22. The fourth-order valence-electron chi connectivity index (χ4n) is 3.57. The van der Waals surface area contributed by atoms with Crippen molar-refractivity contribution in [2.75, 3.05) is 0 Å². The first-order valence-corrected chi connectivity index (χ1v) is 8.86. The van der Waals surface area contributed by atoms with E-state index >= 15 is 0 Å². The monoisotopic (exact) mass is 333 g/mol. The Morgan fingerprint density at radius 1 is 1.25 bits per heavy atom. The maximum Gasteiger partial charge on any atom is 0.0459 e. The summed E-state index contributed by atoms with van der Waals surface area (Å²) in [7, 11) is 0. The molecule has 1 heterocycles. The second kappa shape index (κ2) is 6.34. The van der Waals surface area contributed by atoms with Gasteiger partial charge in [-0.2, -0.15) is 0 Å². The lowest BCUT2D eigenvalue weighted by atomic mass is 9.83. The third-order valence-electron chi connectivity index (χ3n) is 4.72. The molecule has 0 fully saturated rings. The molecule has 108 valence electrons. The predicted molar refractivity (Wildman–Crippen MR) is 90.3 cm³/mol. The Labute approximate surface area is 130 Å². The van der Waals surface area contributed by atoms with Crippen molar-refractivity contribution in [2.24, 2.45) is 5.92 Å². The summed E-state index contributed by atoms with van der Waals surface area (Å²) in [5, 5.41) is 1.44. The van der Waals surface area contributed by atoms with Gasteiger partial charge in [-0.25, -0.2) is 0 Å². The summed E-state index contributed by atoms with van der Waals surface area (Å²) in [6, 6.07) is 6.62. The van der Waals surface area contributed by atoms with Gasteiger partial charge in [-0.1, -0.05) is 55.0 Å². The van der Waals surface area contributed by atoms with Gasteiger partial charge in [0.25, 0.3) is 0 Å². The van der Waals surface area contributed by atoms with E-state index in [2.05, 4.69) is 46.0 Å². The molecule has 2 heteroatoms. The average Bonchev–Trinajstić information content (AvgIpc) is 2.81. The Morgan fingerprint density at radius 2 is 2.15 bits per heavy atom. The van der Waals surface area contributed by atoms with E-state index in [0.29, 0.717) is 0 Å². The van der Waals surface area contributed by atoms with Crippen LogP contribution in [0, 0.1) is 5.92 Å². The van der Waals surface area contributed by atoms with Crippen LogP contribution in [0.25, 0.3) is 10.9 Å². The smallest absolute Gasteiger partial charge is 0.0459 e. The van der Waals surface area contributed by atoms with E-state index < -0.39 is 0 Å². The molecule has 1 nitrogen and oxygen atoms in total. The van der Waals surface area contributed by atoms with Crippen LogP contribution in [0.4, 0.5) is 0 Å². The molecule has 1 atom stereocenters. The Kier molecular flexibility index (Phi) is 4.50. The largest absolute Gasteiger partial charge is 0.358 e. The van der Waals surface area contributed by atoms with Crippen LogP contribution in [0.1, 0.15) is 56.7 Å². The van der Waals surface area contributed by atoms with Gasteiger partial charge in [0.2, 0.25) is 0 Å². The van der Waals surface area contributed by atoms with Crippen LogP contribution in [0.2, 0.25) is 0 Å². The van der Waals surface area contributed by atoms with Crippen LogP contribution in [0.3, 0.4) is 0 Å². The number of aryl methyl sites for hydroxylation is 1. The fourth-order valence-corrected chi connectivity index (χ4v) is 3.93. The average molecular weight is 334 g/mol. The van der Waals surface area contributed by atoms with Crippen LogP contribution >= 0.6 is 15.9 Å². The van der Waals surface area contributed by atoms with Gasteiger partial charge >= 0.3 is 0 Å². The molecule has 3 rings (SSSR count). The van der Waals surface area contributed by atoms with Crippen LogP contribution < -0.4 is 0 Å². The number of aromatic nitrogens is 1. The van der Waals surface area contributed by atoms with Crippen LogP contribution in [0.15, 0.2) is 22.7 Å². The van der Waals surface area contributed by atoms with Gasteiger partial charge in [0, 0.05) is 21.1 Å². The Balaban J connectivity index is 1.73. The summed E-state index contributed by atoms with van der Waals surface area (Å²) < 4.78 is 1.19. The first-order valence-electron chi connectivity index (χ1n) is 8.07. The number of fused-ring (bicyclic) bond motifs is 3. The number of benzene rings is 1. The van der Waals surface area contributed by atoms with E-state index in [0.717, 1.165) is 5.92 Å². The summed E-state index contributed by atoms with van der Waals surface area (Å²) >= 11 is 3.61. The SMILES string of the molecule is CCCCCCC1CCc2[nH]c3ccc(Br)cc3c2C1. The second-order valence-corrected chi connectivity index (χ2v) is 7.15. The van der Waals surface area contributed by atoms with Crippen molar-refractivity contribution in [3.8, 4) is 0 Å². The van der Waals surface area contributed by atoms with Crippen molar-refractivity contribution in [3.63, 3.8) is 0 Å². The topological polar surface area (TPSA) is 15.8 Å². The van der Waals surface area contributed by atoms with E-state index in [1.54, 1.807) is 5.56 Å². The standard InChI is InChI=1S/C18H24BrN/c1-2-3-4-5-6-13-7-9-17-15(11-13)16-12-14(19)8-10-18(16)20-17/h8,10,12-13,20H,2-7,9,11H2,1H3. The zero-order chi connectivity index (χ0) is 13.9. The van der Waals surface area contributed by atoms with E-state index in [4.69, 9.17) is 0 Å². The molecule has 1 aromatic carbocycles. The van der Waals surface area contributed by atoms with E-state index in [-0.39, 0.29) is 0 Å². The van der Waals surface area contributed by atoms with Crippen molar-refractivity contribution in [3.05, 3.63) is 33.9 Å². The van der Waals surface area contributed by atoms with Gasteiger partial charge in [-0.15, -0.1) is 0 Å². The summed E-state index contributed by atoms with van der Waals surface area (Å²) in [5.41, 5.74) is 4.39. The molecular weight excluding hydrogens is 310 g/mol. The first kappa shape index (κ1) is 14.2. The summed E-state index contributed by atoms with van der Waals surface area (Å²) in [4.78, 5) is 3.62. The maximum atomic E-state index is 3.62. The number of halogens is 1. The molecule has 1 aliphatic rings. The van der Waals surface area contributed by atoms with Gasteiger partial charge in [0.1, 0.15) is 0 Å². The van der Waals surface area contributed by atoms with Gasteiger partial charge in [0.05, 0.1) is 0 Å². The molecule has 0 bridgehead atoms. The van der Waals surface area contributed by atoms with Crippen molar-refractivity contribution in [1.29, 1.82) is 0 Å². The molecule has 0 radical (unpaired) electrons. The van der Waals surface area contributed by atoms with E-state index in [9.17, 15) is 0 Å².